The maximum absolute atomic E-state index is 13.3. The number of hydrogen-bond acceptors (Lipinski definition) is 9. The van der Waals surface area contributed by atoms with Gasteiger partial charge in [0.25, 0.3) is 0 Å². The average molecular weight is 959 g/mol. The number of benzene rings is 2. The van der Waals surface area contributed by atoms with Gasteiger partial charge in [0, 0.05) is 49.4 Å². The molecule has 12 heteroatoms. The lowest BCUT2D eigenvalue weighted by atomic mass is 9.75. The third kappa shape index (κ3) is 14.3. The maximum Gasteiger partial charge on any atom is 0.306 e. The molecule has 2 unspecified atom stereocenters. The van der Waals surface area contributed by atoms with E-state index in [-0.39, 0.29) is 49.1 Å². The van der Waals surface area contributed by atoms with Gasteiger partial charge in [-0.1, -0.05) is 85.6 Å². The third-order valence-corrected chi connectivity index (χ3v) is 14.9. The van der Waals surface area contributed by atoms with E-state index in [1.165, 1.54) is 29.7 Å². The fraction of sp³-hybridized carbons (Fsp3) is 0.655. The van der Waals surface area contributed by atoms with Crippen molar-refractivity contribution in [3.05, 3.63) is 92.6 Å². The van der Waals surface area contributed by atoms with Crippen molar-refractivity contribution >= 4 is 23.5 Å². The second-order valence-electron chi connectivity index (χ2n) is 23.9. The molecule has 4 saturated carbocycles. The van der Waals surface area contributed by atoms with E-state index in [1.807, 2.05) is 52.8 Å². The van der Waals surface area contributed by atoms with E-state index in [1.54, 1.807) is 0 Å². The molecule has 0 spiro atoms. The summed E-state index contributed by atoms with van der Waals surface area (Å²) >= 11 is 0. The van der Waals surface area contributed by atoms with Crippen molar-refractivity contribution < 1.29 is 29.0 Å². The number of carbonyl (C=O) groups is 4. The van der Waals surface area contributed by atoms with Crippen LogP contribution in [0.25, 0.3) is 0 Å². The number of esters is 1. The summed E-state index contributed by atoms with van der Waals surface area (Å²) in [5.74, 6) is 2.02. The van der Waals surface area contributed by atoms with Crippen molar-refractivity contribution in [3.63, 3.8) is 0 Å². The summed E-state index contributed by atoms with van der Waals surface area (Å²) in [7, 11) is 0. The first-order chi connectivity index (χ1) is 33.1. The lowest BCUT2D eigenvalue weighted by Gasteiger charge is -2.37. The molecule has 0 bridgehead atoms. The Bertz CT molecular complexity index is 2470. The van der Waals surface area contributed by atoms with E-state index in [9.17, 15) is 24.3 Å². The standard InChI is InChI=1S/C31H45N3O3.C27H37N3O3/c1-19(2)12-22-14-26(15-22)34-30(23-10-11-23)29(32-33-34)25(18-28(36)37-31(5,6)7)17-27(35)16-24-9-8-20(3)13-21(24)4;1-16(2)9-19-11-23(12-19)30-27(20-7-8-20)26(28-29-30)22(15-25(32)33)14-24(31)13-21-6-5-17(3)10-18(21)4/h8-9,13,19,22-23,25-26H,10-12,14-18H2,1-7H3;5-6,10,16,19-20,22-23H,7-9,11-15H2,1-4H3,(H,32,33). The summed E-state index contributed by atoms with van der Waals surface area (Å²) in [5.41, 5.74) is 9.94. The van der Waals surface area contributed by atoms with Gasteiger partial charge in [0.1, 0.15) is 17.2 Å². The van der Waals surface area contributed by atoms with Crippen molar-refractivity contribution in [1.82, 2.24) is 30.0 Å². The number of aromatic nitrogens is 6. The Morgan fingerprint density at radius 1 is 0.629 bits per heavy atom. The van der Waals surface area contributed by atoms with Crippen molar-refractivity contribution in [2.45, 2.75) is 220 Å². The fourth-order valence-electron chi connectivity index (χ4n) is 11.3. The molecule has 2 aromatic carbocycles. The number of aryl methyl sites for hydroxylation is 4. The van der Waals surface area contributed by atoms with Crippen molar-refractivity contribution in [1.29, 1.82) is 0 Å². The smallest absolute Gasteiger partial charge is 0.306 e. The molecule has 2 heterocycles. The largest absolute Gasteiger partial charge is 0.481 e. The zero-order valence-corrected chi connectivity index (χ0v) is 44.2. The molecule has 4 aliphatic rings. The summed E-state index contributed by atoms with van der Waals surface area (Å²) in [4.78, 5) is 51.0. The number of ether oxygens (including phenoxy) is 1. The van der Waals surface area contributed by atoms with E-state index in [2.05, 4.69) is 89.7 Å². The Morgan fingerprint density at radius 2 is 1.03 bits per heavy atom. The predicted molar refractivity (Wildman–Crippen MR) is 273 cm³/mol. The Hall–Kier alpha value is -5.00. The maximum atomic E-state index is 13.3. The van der Waals surface area contributed by atoms with Crippen LogP contribution in [-0.4, -0.2) is 64.2 Å². The molecule has 70 heavy (non-hydrogen) atoms. The van der Waals surface area contributed by atoms with Crippen LogP contribution in [0.3, 0.4) is 0 Å². The molecule has 4 aliphatic carbocycles. The monoisotopic (exact) mass is 959 g/mol. The second-order valence-corrected chi connectivity index (χ2v) is 23.9. The molecule has 380 valence electrons. The second kappa shape index (κ2) is 22.6. The zero-order valence-electron chi connectivity index (χ0n) is 44.2. The fourth-order valence-corrected chi connectivity index (χ4v) is 11.3. The highest BCUT2D eigenvalue weighted by Gasteiger charge is 2.42. The molecule has 4 aromatic rings. The Balaban J connectivity index is 0.000000208. The minimum Gasteiger partial charge on any atom is -0.481 e. The van der Waals surface area contributed by atoms with E-state index in [4.69, 9.17) is 4.74 Å². The topological polar surface area (TPSA) is 159 Å². The predicted octanol–water partition coefficient (Wildman–Crippen LogP) is 12.3. The van der Waals surface area contributed by atoms with Gasteiger partial charge in [-0.3, -0.25) is 19.2 Å². The van der Waals surface area contributed by atoms with Crippen molar-refractivity contribution in [2.75, 3.05) is 0 Å². The van der Waals surface area contributed by atoms with Crippen LogP contribution < -0.4 is 0 Å². The van der Waals surface area contributed by atoms with Gasteiger partial charge in [-0.15, -0.1) is 10.2 Å². The number of ketones is 2. The number of carbonyl (C=O) groups excluding carboxylic acids is 3. The van der Waals surface area contributed by atoms with Gasteiger partial charge in [0.05, 0.1) is 47.7 Å². The van der Waals surface area contributed by atoms with Gasteiger partial charge in [-0.2, -0.15) is 0 Å². The first-order valence-corrected chi connectivity index (χ1v) is 26.6. The molecule has 0 aliphatic heterocycles. The molecule has 2 aromatic heterocycles. The highest BCUT2D eigenvalue weighted by molar-refractivity contribution is 5.84. The molecule has 4 fully saturated rings. The van der Waals surface area contributed by atoms with Gasteiger partial charge in [0.2, 0.25) is 0 Å². The van der Waals surface area contributed by atoms with Crippen LogP contribution in [0.4, 0.5) is 0 Å². The van der Waals surface area contributed by atoms with Gasteiger partial charge in [0.15, 0.2) is 0 Å². The van der Waals surface area contributed by atoms with Gasteiger partial charge >= 0.3 is 11.9 Å². The Kier molecular flexibility index (Phi) is 17.1. The third-order valence-electron chi connectivity index (χ3n) is 14.9. The first kappa shape index (κ1) is 52.8. The van der Waals surface area contributed by atoms with Crippen LogP contribution in [-0.2, 0) is 36.8 Å². The Morgan fingerprint density at radius 3 is 1.37 bits per heavy atom. The van der Waals surface area contributed by atoms with E-state index >= 15 is 0 Å². The SMILES string of the molecule is Cc1ccc(CC(=O)CC(CC(=O)O)c2nnn(C3CC(CC(C)C)C3)c2C2CC2)c(C)c1.Cc1ccc(CC(=O)CC(CC(=O)OC(C)(C)C)c2nnn(C3CC(CC(C)C)C3)c2C2CC2)c(C)c1. The van der Waals surface area contributed by atoms with Crippen LogP contribution in [0.15, 0.2) is 36.4 Å². The quantitative estimate of drug-likeness (QED) is 0.0751. The number of carboxylic acid groups (broad SMARTS) is 1. The van der Waals surface area contributed by atoms with Crippen LogP contribution >= 0.6 is 0 Å². The van der Waals surface area contributed by atoms with Crippen molar-refractivity contribution in [2.24, 2.45) is 23.7 Å². The number of Topliss-reactive ketones (excluding diaryl/α,β-unsaturated/α-hetero) is 2. The van der Waals surface area contributed by atoms with Gasteiger partial charge in [-0.05, 0) is 159 Å². The highest BCUT2D eigenvalue weighted by atomic mass is 16.6. The Labute approximate surface area is 417 Å². The number of aliphatic carboxylic acids is 1. The lowest BCUT2D eigenvalue weighted by molar-refractivity contribution is -0.155. The van der Waals surface area contributed by atoms with Gasteiger partial charge < -0.3 is 9.84 Å². The minimum atomic E-state index is -0.892. The molecule has 1 N–H and O–H groups in total. The summed E-state index contributed by atoms with van der Waals surface area (Å²) < 4.78 is 9.91. The van der Waals surface area contributed by atoms with E-state index in [0.717, 1.165) is 103 Å². The van der Waals surface area contributed by atoms with Gasteiger partial charge in [-0.25, -0.2) is 9.36 Å². The summed E-state index contributed by atoms with van der Waals surface area (Å²) in [5, 5.41) is 27.9. The lowest BCUT2D eigenvalue weighted by Crippen LogP contribution is -2.30. The number of hydrogen-bond donors (Lipinski definition) is 1. The molecule has 2 atom stereocenters. The van der Waals surface area contributed by atoms with Crippen LogP contribution in [0.1, 0.15) is 230 Å². The summed E-state index contributed by atoms with van der Waals surface area (Å²) in [6.45, 7) is 22.9. The molecule has 12 nitrogen and oxygen atoms in total. The summed E-state index contributed by atoms with van der Waals surface area (Å²) in [6.07, 6.45) is 12.7. The zero-order chi connectivity index (χ0) is 50.6. The minimum absolute atomic E-state index is 0.0603. The molecule has 0 radical (unpaired) electrons. The van der Waals surface area contributed by atoms with Crippen molar-refractivity contribution in [3.8, 4) is 0 Å². The van der Waals surface area contributed by atoms with Crippen LogP contribution in [0.5, 0.6) is 0 Å². The molecule has 0 amide bonds. The molecule has 0 saturated heterocycles. The first-order valence-electron chi connectivity index (χ1n) is 26.6. The van der Waals surface area contributed by atoms with E-state index < -0.39 is 17.5 Å². The van der Waals surface area contributed by atoms with Crippen LogP contribution in [0, 0.1) is 51.4 Å². The molecule has 8 rings (SSSR count). The summed E-state index contributed by atoms with van der Waals surface area (Å²) in [6, 6.07) is 13.1. The molecular weight excluding hydrogens is 877 g/mol. The number of rotatable bonds is 22. The number of nitrogens with zero attached hydrogens (tertiary/aromatic N) is 6. The normalized spacial score (nSPS) is 20.8. The highest BCUT2D eigenvalue weighted by Crippen LogP contribution is 2.50. The van der Waals surface area contributed by atoms with E-state index in [0.29, 0.717) is 48.6 Å². The number of carboxylic acids is 1. The van der Waals surface area contributed by atoms with Crippen LogP contribution in [0.2, 0.25) is 0 Å². The molecular formula is C58H82N6O6. The average Bonchev–Trinajstić information content (AvgIpc) is 4.16.